The van der Waals surface area contributed by atoms with Crippen molar-refractivity contribution in [1.29, 1.82) is 0 Å². The Bertz CT molecular complexity index is 411. The zero-order valence-corrected chi connectivity index (χ0v) is 10.5. The second kappa shape index (κ2) is 6.75. The van der Waals surface area contributed by atoms with Gasteiger partial charge in [-0.05, 0) is 12.5 Å². The van der Waals surface area contributed by atoms with Crippen LogP contribution < -0.4 is 10.6 Å². The third-order valence-corrected chi connectivity index (χ3v) is 2.45. The molecule has 0 aliphatic rings. The highest BCUT2D eigenvalue weighted by Crippen LogP contribution is 2.23. The summed E-state index contributed by atoms with van der Waals surface area (Å²) in [5.41, 5.74) is -0.0994. The first-order chi connectivity index (χ1) is 8.58. The van der Waals surface area contributed by atoms with Crippen LogP contribution in [0.15, 0.2) is 12.1 Å². The van der Waals surface area contributed by atoms with E-state index in [4.69, 9.17) is 0 Å². The lowest BCUT2D eigenvalue weighted by Gasteiger charge is -2.12. The van der Waals surface area contributed by atoms with E-state index < -0.39 is 11.0 Å². The quantitative estimate of drug-likeness (QED) is 0.505. The molecule has 1 aromatic rings. The standard InChI is InChI=1S/C11H18N4O3/c1-3-4-8(16)7-13-11-9(15(17)18)5-6-10(12-2)14-11/h5-6,8,16H,3-4,7H2,1-2H3,(H2,12,13,14). The van der Waals surface area contributed by atoms with Crippen molar-refractivity contribution in [2.24, 2.45) is 0 Å². The molecule has 1 aromatic heterocycles. The van der Waals surface area contributed by atoms with Crippen molar-refractivity contribution >= 4 is 17.3 Å². The van der Waals surface area contributed by atoms with Crippen molar-refractivity contribution in [2.75, 3.05) is 24.2 Å². The smallest absolute Gasteiger partial charge is 0.311 e. The minimum Gasteiger partial charge on any atom is -0.391 e. The normalized spacial score (nSPS) is 11.9. The minimum absolute atomic E-state index is 0.0994. The molecule has 100 valence electrons. The monoisotopic (exact) mass is 254 g/mol. The fourth-order valence-corrected chi connectivity index (χ4v) is 1.52. The molecule has 0 spiro atoms. The number of nitro groups is 1. The molecule has 7 nitrogen and oxygen atoms in total. The van der Waals surface area contributed by atoms with Crippen LogP contribution in [0.3, 0.4) is 0 Å². The first kappa shape index (κ1) is 14.2. The van der Waals surface area contributed by atoms with Gasteiger partial charge in [0.25, 0.3) is 0 Å². The molecular weight excluding hydrogens is 236 g/mol. The van der Waals surface area contributed by atoms with Crippen LogP contribution in [0.4, 0.5) is 17.3 Å². The van der Waals surface area contributed by atoms with E-state index >= 15 is 0 Å². The molecule has 1 heterocycles. The van der Waals surface area contributed by atoms with Crippen molar-refractivity contribution < 1.29 is 10.0 Å². The highest BCUT2D eigenvalue weighted by molar-refractivity contribution is 5.60. The number of aromatic nitrogens is 1. The summed E-state index contributed by atoms with van der Waals surface area (Å²) in [5, 5.41) is 26.0. The summed E-state index contributed by atoms with van der Waals surface area (Å²) >= 11 is 0. The second-order valence-electron chi connectivity index (χ2n) is 3.89. The zero-order chi connectivity index (χ0) is 13.5. The van der Waals surface area contributed by atoms with Gasteiger partial charge in [-0.25, -0.2) is 4.98 Å². The Balaban J connectivity index is 2.80. The number of pyridine rings is 1. The van der Waals surface area contributed by atoms with Crippen molar-refractivity contribution in [3.63, 3.8) is 0 Å². The summed E-state index contributed by atoms with van der Waals surface area (Å²) < 4.78 is 0. The molecular formula is C11H18N4O3. The molecule has 0 amide bonds. The summed E-state index contributed by atoms with van der Waals surface area (Å²) in [7, 11) is 1.68. The van der Waals surface area contributed by atoms with Gasteiger partial charge in [-0.2, -0.15) is 0 Å². The Morgan fingerprint density at radius 1 is 1.56 bits per heavy atom. The van der Waals surface area contributed by atoms with Gasteiger partial charge in [0.05, 0.1) is 11.0 Å². The van der Waals surface area contributed by atoms with Gasteiger partial charge in [-0.3, -0.25) is 10.1 Å². The number of hydrogen-bond acceptors (Lipinski definition) is 6. The third-order valence-electron chi connectivity index (χ3n) is 2.45. The highest BCUT2D eigenvalue weighted by atomic mass is 16.6. The van der Waals surface area contributed by atoms with E-state index in [0.29, 0.717) is 12.2 Å². The molecule has 0 aliphatic carbocycles. The van der Waals surface area contributed by atoms with Crippen LogP contribution in [0.25, 0.3) is 0 Å². The molecule has 7 heteroatoms. The molecule has 3 N–H and O–H groups in total. The largest absolute Gasteiger partial charge is 0.391 e. The van der Waals surface area contributed by atoms with Gasteiger partial charge >= 0.3 is 5.69 Å². The molecule has 18 heavy (non-hydrogen) atoms. The number of rotatable bonds is 7. The molecule has 0 saturated heterocycles. The zero-order valence-electron chi connectivity index (χ0n) is 10.5. The number of anilines is 2. The van der Waals surface area contributed by atoms with Gasteiger partial charge in [0.1, 0.15) is 5.82 Å². The van der Waals surface area contributed by atoms with Crippen LogP contribution in [-0.2, 0) is 0 Å². The SMILES string of the molecule is CCCC(O)CNc1nc(NC)ccc1[N+](=O)[O-]. The van der Waals surface area contributed by atoms with Gasteiger partial charge in [-0.1, -0.05) is 13.3 Å². The van der Waals surface area contributed by atoms with Gasteiger partial charge in [0.15, 0.2) is 0 Å². The molecule has 1 atom stereocenters. The molecule has 0 aromatic carbocycles. The maximum absolute atomic E-state index is 10.8. The fourth-order valence-electron chi connectivity index (χ4n) is 1.52. The summed E-state index contributed by atoms with van der Waals surface area (Å²) in [6, 6.07) is 2.92. The van der Waals surface area contributed by atoms with E-state index in [-0.39, 0.29) is 18.1 Å². The number of aliphatic hydroxyl groups is 1. The molecule has 0 bridgehead atoms. The number of nitrogens with zero attached hydrogens (tertiary/aromatic N) is 2. The Morgan fingerprint density at radius 3 is 2.83 bits per heavy atom. The second-order valence-corrected chi connectivity index (χ2v) is 3.89. The number of nitrogens with one attached hydrogen (secondary N) is 2. The van der Waals surface area contributed by atoms with Gasteiger partial charge in [0.2, 0.25) is 5.82 Å². The van der Waals surface area contributed by atoms with Crippen molar-refractivity contribution in [2.45, 2.75) is 25.9 Å². The lowest BCUT2D eigenvalue weighted by atomic mass is 10.2. The average Bonchev–Trinajstić information content (AvgIpc) is 2.36. The summed E-state index contributed by atoms with van der Waals surface area (Å²) in [6.45, 7) is 2.21. The Labute approximate surface area is 105 Å². The predicted molar refractivity (Wildman–Crippen MR) is 69.8 cm³/mol. The highest BCUT2D eigenvalue weighted by Gasteiger charge is 2.16. The summed E-state index contributed by atoms with van der Waals surface area (Å²) in [5.74, 6) is 0.704. The third kappa shape index (κ3) is 3.85. The molecule has 0 saturated carbocycles. The lowest BCUT2D eigenvalue weighted by molar-refractivity contribution is -0.384. The van der Waals surface area contributed by atoms with Crippen LogP contribution >= 0.6 is 0 Å². The lowest BCUT2D eigenvalue weighted by Crippen LogP contribution is -2.20. The fraction of sp³-hybridized carbons (Fsp3) is 0.545. The summed E-state index contributed by atoms with van der Waals surface area (Å²) in [4.78, 5) is 14.4. The van der Waals surface area contributed by atoms with Crippen LogP contribution in [0.5, 0.6) is 0 Å². The predicted octanol–water partition coefficient (Wildman–Crippen LogP) is 1.60. The first-order valence-corrected chi connectivity index (χ1v) is 5.83. The van der Waals surface area contributed by atoms with Gasteiger partial charge in [0, 0.05) is 19.7 Å². The molecule has 0 aliphatic heterocycles. The van der Waals surface area contributed by atoms with Crippen LogP contribution in [0.1, 0.15) is 19.8 Å². The number of aliphatic hydroxyl groups excluding tert-OH is 1. The Morgan fingerprint density at radius 2 is 2.28 bits per heavy atom. The van der Waals surface area contributed by atoms with Crippen LogP contribution in [-0.4, -0.2) is 34.7 Å². The van der Waals surface area contributed by atoms with E-state index in [2.05, 4.69) is 15.6 Å². The van der Waals surface area contributed by atoms with Crippen LogP contribution in [0, 0.1) is 10.1 Å². The van der Waals surface area contributed by atoms with E-state index in [9.17, 15) is 15.2 Å². The topological polar surface area (TPSA) is 100 Å². The van der Waals surface area contributed by atoms with E-state index in [0.717, 1.165) is 6.42 Å². The average molecular weight is 254 g/mol. The van der Waals surface area contributed by atoms with Gasteiger partial charge in [-0.15, -0.1) is 0 Å². The van der Waals surface area contributed by atoms with Crippen molar-refractivity contribution in [3.8, 4) is 0 Å². The molecule has 0 fully saturated rings. The Hall–Kier alpha value is -1.89. The maximum Gasteiger partial charge on any atom is 0.311 e. The van der Waals surface area contributed by atoms with E-state index in [1.165, 1.54) is 12.1 Å². The first-order valence-electron chi connectivity index (χ1n) is 5.83. The molecule has 1 unspecified atom stereocenters. The molecule has 1 rings (SSSR count). The van der Waals surface area contributed by atoms with Crippen molar-refractivity contribution in [1.82, 2.24) is 4.98 Å². The van der Waals surface area contributed by atoms with E-state index in [1.807, 2.05) is 6.92 Å². The Kier molecular flexibility index (Phi) is 5.31. The maximum atomic E-state index is 10.8. The van der Waals surface area contributed by atoms with Crippen molar-refractivity contribution in [3.05, 3.63) is 22.2 Å². The molecule has 0 radical (unpaired) electrons. The number of hydrogen-bond donors (Lipinski definition) is 3. The van der Waals surface area contributed by atoms with Gasteiger partial charge < -0.3 is 15.7 Å². The van der Waals surface area contributed by atoms with E-state index in [1.54, 1.807) is 7.05 Å². The minimum atomic E-state index is -0.533. The summed E-state index contributed by atoms with van der Waals surface area (Å²) in [6.07, 6.45) is 0.969. The van der Waals surface area contributed by atoms with Crippen LogP contribution in [0.2, 0.25) is 0 Å².